The fourth-order valence-corrected chi connectivity index (χ4v) is 3.47. The van der Waals surface area contributed by atoms with Gasteiger partial charge in [0.1, 0.15) is 5.82 Å². The van der Waals surface area contributed by atoms with E-state index in [1.807, 2.05) is 0 Å². The molecule has 0 saturated heterocycles. The van der Waals surface area contributed by atoms with E-state index < -0.39 is 15.1 Å². The molecule has 3 rings (SSSR count). The zero-order valence-electron chi connectivity index (χ0n) is 12.4. The van der Waals surface area contributed by atoms with Crippen molar-refractivity contribution >= 4 is 44.0 Å². The Morgan fingerprint density at radius 2 is 1.96 bits per heavy atom. The predicted octanol–water partition coefficient (Wildman–Crippen LogP) is 2.93. The van der Waals surface area contributed by atoms with Gasteiger partial charge in [0, 0.05) is 0 Å². The number of nitrogens with zero attached hydrogens (tertiary/aromatic N) is 3. The summed E-state index contributed by atoms with van der Waals surface area (Å²) in [5, 5.41) is 9.75. The highest BCUT2D eigenvalue weighted by Gasteiger charge is 2.23. The Bertz CT molecular complexity index is 968. The molecule has 0 bridgehead atoms. The van der Waals surface area contributed by atoms with Crippen LogP contribution >= 0.6 is 11.6 Å². The molecule has 0 amide bonds. The number of benzene rings is 1. The molecule has 0 radical (unpaired) electrons. The molecule has 120 valence electrons. The molecule has 0 saturated carbocycles. The number of fused-ring (bicyclic) bond motifs is 1. The lowest BCUT2D eigenvalue weighted by Gasteiger charge is -2.14. The number of aromatic nitrogens is 4. The molecule has 2 heterocycles. The van der Waals surface area contributed by atoms with Gasteiger partial charge >= 0.3 is 0 Å². The van der Waals surface area contributed by atoms with Gasteiger partial charge in [-0.15, -0.1) is 0 Å². The average molecular weight is 352 g/mol. The summed E-state index contributed by atoms with van der Waals surface area (Å²) in [7, 11) is -3.44. The molecule has 0 fully saturated rings. The molecule has 7 nitrogen and oxygen atoms in total. The Balaban J connectivity index is 2.12. The van der Waals surface area contributed by atoms with Crippen LogP contribution in [0.3, 0.4) is 0 Å². The minimum absolute atomic E-state index is 0.0356. The van der Waals surface area contributed by atoms with Crippen LogP contribution in [0, 0.1) is 0 Å². The molecule has 0 aliphatic heterocycles. The van der Waals surface area contributed by atoms with Crippen molar-refractivity contribution in [1.29, 1.82) is 0 Å². The van der Waals surface area contributed by atoms with Gasteiger partial charge in [0.2, 0.25) is 5.28 Å². The topological polar surface area (TPSA) is 101 Å². The number of nitrogens with one attached hydrogen (secondary N) is 2. The normalized spacial score (nSPS) is 12.0. The van der Waals surface area contributed by atoms with E-state index in [2.05, 4.69) is 25.5 Å². The second-order valence-corrected chi connectivity index (χ2v) is 8.00. The van der Waals surface area contributed by atoms with Crippen LogP contribution in [0.2, 0.25) is 5.28 Å². The van der Waals surface area contributed by atoms with E-state index in [-0.39, 0.29) is 10.2 Å². The zero-order chi connectivity index (χ0) is 16.6. The van der Waals surface area contributed by atoms with Gasteiger partial charge in [-0.2, -0.15) is 15.1 Å². The van der Waals surface area contributed by atoms with Crippen molar-refractivity contribution in [3.63, 3.8) is 0 Å². The van der Waals surface area contributed by atoms with Gasteiger partial charge in [-0.1, -0.05) is 12.1 Å². The number of anilines is 2. The van der Waals surface area contributed by atoms with Crippen molar-refractivity contribution in [2.75, 3.05) is 5.32 Å². The van der Waals surface area contributed by atoms with Gasteiger partial charge in [0.05, 0.1) is 27.4 Å². The summed E-state index contributed by atoms with van der Waals surface area (Å²) in [6.07, 6.45) is 1.55. The molecule has 3 aromatic rings. The van der Waals surface area contributed by atoms with Crippen LogP contribution in [0.5, 0.6) is 0 Å². The molecule has 0 atom stereocenters. The standard InChI is InChI=1S/C14H14ClN5O2S/c1-8(2)23(21,22)11-6-4-3-5-10(11)17-12-9-7-16-20-13(9)19-14(15)18-12/h3-8H,1-2H3,(H2,16,17,18,19,20). The summed E-state index contributed by atoms with van der Waals surface area (Å²) < 4.78 is 25.0. The Morgan fingerprint density at radius 1 is 1.22 bits per heavy atom. The molecule has 0 aliphatic rings. The fraction of sp³-hybridized carbons (Fsp3) is 0.214. The second kappa shape index (κ2) is 5.78. The summed E-state index contributed by atoms with van der Waals surface area (Å²) in [5.41, 5.74) is 0.898. The first-order chi connectivity index (χ1) is 10.9. The molecular weight excluding hydrogens is 338 g/mol. The Kier molecular flexibility index (Phi) is 3.95. The van der Waals surface area contributed by atoms with Gasteiger partial charge in [0.15, 0.2) is 15.5 Å². The average Bonchev–Trinajstić information content (AvgIpc) is 2.95. The maximum absolute atomic E-state index is 12.5. The van der Waals surface area contributed by atoms with Crippen LogP contribution in [0.1, 0.15) is 13.8 Å². The van der Waals surface area contributed by atoms with Crippen molar-refractivity contribution in [2.45, 2.75) is 24.0 Å². The number of aromatic amines is 1. The third kappa shape index (κ3) is 2.87. The van der Waals surface area contributed by atoms with Crippen LogP contribution in [0.25, 0.3) is 11.0 Å². The lowest BCUT2D eigenvalue weighted by atomic mass is 10.3. The third-order valence-corrected chi connectivity index (χ3v) is 5.73. The van der Waals surface area contributed by atoms with Gasteiger partial charge in [-0.25, -0.2) is 8.42 Å². The van der Waals surface area contributed by atoms with Crippen LogP contribution in [-0.2, 0) is 9.84 Å². The number of hydrogen-bond acceptors (Lipinski definition) is 6. The molecule has 0 unspecified atom stereocenters. The Labute approximate surface area is 138 Å². The van der Waals surface area contributed by atoms with Crippen molar-refractivity contribution in [1.82, 2.24) is 20.2 Å². The number of sulfone groups is 1. The number of hydrogen-bond donors (Lipinski definition) is 2. The molecule has 0 spiro atoms. The molecule has 23 heavy (non-hydrogen) atoms. The number of H-pyrrole nitrogens is 1. The molecular formula is C14H14ClN5O2S. The SMILES string of the molecule is CC(C)S(=O)(=O)c1ccccc1Nc1nc(Cl)nc2[nH]ncc12. The summed E-state index contributed by atoms with van der Waals surface area (Å²) in [6, 6.07) is 6.67. The zero-order valence-corrected chi connectivity index (χ0v) is 14.0. The second-order valence-electron chi connectivity index (χ2n) is 5.19. The van der Waals surface area contributed by atoms with Crippen LogP contribution < -0.4 is 5.32 Å². The van der Waals surface area contributed by atoms with E-state index in [0.717, 1.165) is 0 Å². The maximum Gasteiger partial charge on any atom is 0.226 e. The lowest BCUT2D eigenvalue weighted by Crippen LogP contribution is -2.15. The smallest absolute Gasteiger partial charge is 0.226 e. The monoisotopic (exact) mass is 351 g/mol. The van der Waals surface area contributed by atoms with Crippen molar-refractivity contribution < 1.29 is 8.42 Å². The van der Waals surface area contributed by atoms with Gasteiger partial charge in [-0.3, -0.25) is 5.10 Å². The summed E-state index contributed by atoms with van der Waals surface area (Å²) in [5.74, 6) is 0.389. The first-order valence-electron chi connectivity index (χ1n) is 6.86. The first kappa shape index (κ1) is 15.7. The molecule has 0 aliphatic carbocycles. The quantitative estimate of drug-likeness (QED) is 0.701. The van der Waals surface area contributed by atoms with E-state index in [4.69, 9.17) is 11.6 Å². The van der Waals surface area contributed by atoms with Crippen LogP contribution in [-0.4, -0.2) is 33.8 Å². The van der Waals surface area contributed by atoms with Gasteiger partial charge < -0.3 is 5.32 Å². The largest absolute Gasteiger partial charge is 0.338 e. The predicted molar refractivity (Wildman–Crippen MR) is 88.7 cm³/mol. The highest BCUT2D eigenvalue weighted by Crippen LogP contribution is 2.29. The van der Waals surface area contributed by atoms with Crippen molar-refractivity contribution in [2.24, 2.45) is 0 Å². The van der Waals surface area contributed by atoms with Crippen molar-refractivity contribution in [3.05, 3.63) is 35.7 Å². The number of para-hydroxylation sites is 1. The van der Waals surface area contributed by atoms with Crippen molar-refractivity contribution in [3.8, 4) is 0 Å². The highest BCUT2D eigenvalue weighted by atomic mass is 35.5. The van der Waals surface area contributed by atoms with Gasteiger partial charge in [-0.05, 0) is 37.6 Å². The minimum Gasteiger partial charge on any atom is -0.338 e. The summed E-state index contributed by atoms with van der Waals surface area (Å²) >= 11 is 5.90. The molecule has 9 heteroatoms. The van der Waals surface area contributed by atoms with E-state index in [1.165, 1.54) is 0 Å². The number of halogens is 1. The van der Waals surface area contributed by atoms with Gasteiger partial charge in [0.25, 0.3) is 0 Å². The van der Waals surface area contributed by atoms with E-state index in [0.29, 0.717) is 22.5 Å². The third-order valence-electron chi connectivity index (χ3n) is 3.35. The lowest BCUT2D eigenvalue weighted by molar-refractivity contribution is 0.588. The Hall–Kier alpha value is -2.19. The number of rotatable bonds is 4. The van der Waals surface area contributed by atoms with E-state index in [9.17, 15) is 8.42 Å². The van der Waals surface area contributed by atoms with E-state index >= 15 is 0 Å². The molecule has 2 aromatic heterocycles. The first-order valence-corrected chi connectivity index (χ1v) is 8.78. The van der Waals surface area contributed by atoms with E-state index in [1.54, 1.807) is 44.3 Å². The maximum atomic E-state index is 12.5. The van der Waals surface area contributed by atoms with Crippen LogP contribution in [0.4, 0.5) is 11.5 Å². The summed E-state index contributed by atoms with van der Waals surface area (Å²) in [6.45, 7) is 3.28. The highest BCUT2D eigenvalue weighted by molar-refractivity contribution is 7.92. The summed E-state index contributed by atoms with van der Waals surface area (Å²) in [4.78, 5) is 8.35. The molecule has 1 aromatic carbocycles. The minimum atomic E-state index is -3.44. The fourth-order valence-electron chi connectivity index (χ4n) is 2.10. The Morgan fingerprint density at radius 3 is 2.70 bits per heavy atom. The van der Waals surface area contributed by atoms with Crippen LogP contribution in [0.15, 0.2) is 35.4 Å². The molecule has 2 N–H and O–H groups in total.